The number of carbonyl (C=O) groups excluding carboxylic acids is 1. The summed E-state index contributed by atoms with van der Waals surface area (Å²) in [6.07, 6.45) is -4.94. The molecular formula is C12H12ClF3N2O2. The molecule has 0 bridgehead atoms. The second-order valence-electron chi connectivity index (χ2n) is 4.19. The van der Waals surface area contributed by atoms with Crippen LogP contribution in [-0.4, -0.2) is 38.4 Å². The van der Waals surface area contributed by atoms with Crippen LogP contribution in [0.4, 0.5) is 24.5 Å². The lowest BCUT2D eigenvalue weighted by Crippen LogP contribution is -2.37. The van der Waals surface area contributed by atoms with Crippen LogP contribution in [0.3, 0.4) is 0 Å². The average Bonchev–Trinajstić information content (AvgIpc) is 2.39. The number of nitrogens with one attached hydrogen (secondary N) is 1. The summed E-state index contributed by atoms with van der Waals surface area (Å²) in [7, 11) is 0. The van der Waals surface area contributed by atoms with Gasteiger partial charge in [-0.15, -0.1) is 0 Å². The van der Waals surface area contributed by atoms with Gasteiger partial charge in [-0.25, -0.2) is 0 Å². The van der Waals surface area contributed by atoms with E-state index in [-0.39, 0.29) is 10.7 Å². The molecule has 110 valence electrons. The van der Waals surface area contributed by atoms with Crippen molar-refractivity contribution in [3.05, 3.63) is 23.2 Å². The standard InChI is InChI=1S/C12H12ClF3N2O2/c13-8-2-1-3-9(17-11(19)12(14,15)16)10(8)18-4-6-20-7-5-18/h1-3H,4-7H2,(H,17,19). The van der Waals surface area contributed by atoms with Crippen LogP contribution in [0.5, 0.6) is 0 Å². The van der Waals surface area contributed by atoms with Crippen molar-refractivity contribution in [2.75, 3.05) is 36.5 Å². The van der Waals surface area contributed by atoms with Crippen LogP contribution in [0, 0.1) is 0 Å². The highest BCUT2D eigenvalue weighted by atomic mass is 35.5. The van der Waals surface area contributed by atoms with E-state index in [4.69, 9.17) is 16.3 Å². The summed E-state index contributed by atoms with van der Waals surface area (Å²) in [6.45, 7) is 1.91. The predicted octanol–water partition coefficient (Wildman–Crippen LogP) is 2.68. The molecule has 1 aliphatic rings. The maximum absolute atomic E-state index is 12.3. The van der Waals surface area contributed by atoms with Crippen LogP contribution in [0.15, 0.2) is 18.2 Å². The van der Waals surface area contributed by atoms with Gasteiger partial charge in [0.05, 0.1) is 29.6 Å². The van der Waals surface area contributed by atoms with Crippen molar-refractivity contribution in [2.24, 2.45) is 0 Å². The van der Waals surface area contributed by atoms with Gasteiger partial charge >= 0.3 is 12.1 Å². The third-order valence-electron chi connectivity index (χ3n) is 2.82. The van der Waals surface area contributed by atoms with Crippen molar-refractivity contribution >= 4 is 28.9 Å². The van der Waals surface area contributed by atoms with Crippen molar-refractivity contribution < 1.29 is 22.7 Å². The highest BCUT2D eigenvalue weighted by Gasteiger charge is 2.39. The number of hydrogen-bond acceptors (Lipinski definition) is 3. The molecule has 1 amide bonds. The van der Waals surface area contributed by atoms with E-state index < -0.39 is 12.1 Å². The summed E-state index contributed by atoms with van der Waals surface area (Å²) in [6, 6.07) is 4.44. The van der Waals surface area contributed by atoms with Crippen molar-refractivity contribution in [3.63, 3.8) is 0 Å². The first kappa shape index (κ1) is 14.9. The first-order valence-corrected chi connectivity index (χ1v) is 6.27. The molecule has 1 aromatic rings. The molecule has 20 heavy (non-hydrogen) atoms. The minimum absolute atomic E-state index is 0.0433. The van der Waals surface area contributed by atoms with E-state index in [1.54, 1.807) is 11.0 Å². The first-order chi connectivity index (χ1) is 9.39. The van der Waals surface area contributed by atoms with Crippen molar-refractivity contribution in [1.29, 1.82) is 0 Å². The van der Waals surface area contributed by atoms with E-state index >= 15 is 0 Å². The number of anilines is 2. The molecule has 1 aliphatic heterocycles. The molecule has 4 nitrogen and oxygen atoms in total. The number of ether oxygens (including phenoxy) is 1. The highest BCUT2D eigenvalue weighted by molar-refractivity contribution is 6.34. The van der Waals surface area contributed by atoms with Gasteiger partial charge in [0.2, 0.25) is 0 Å². The first-order valence-electron chi connectivity index (χ1n) is 5.89. The third kappa shape index (κ3) is 3.34. The van der Waals surface area contributed by atoms with Crippen LogP contribution in [0.1, 0.15) is 0 Å². The molecule has 0 aromatic heterocycles. The van der Waals surface area contributed by atoms with Crippen LogP contribution in [0.2, 0.25) is 5.02 Å². The number of amides is 1. The van der Waals surface area contributed by atoms with Gasteiger partial charge < -0.3 is 15.0 Å². The summed E-state index contributed by atoms with van der Waals surface area (Å²) in [5.74, 6) is -2.02. The molecule has 0 unspecified atom stereocenters. The number of alkyl halides is 3. The van der Waals surface area contributed by atoms with E-state index in [9.17, 15) is 18.0 Å². The molecule has 1 heterocycles. The van der Waals surface area contributed by atoms with Gasteiger partial charge in [0.15, 0.2) is 0 Å². The Morgan fingerprint density at radius 1 is 1.30 bits per heavy atom. The van der Waals surface area contributed by atoms with Crippen molar-refractivity contribution in [2.45, 2.75) is 6.18 Å². The Morgan fingerprint density at radius 2 is 1.95 bits per heavy atom. The normalized spacial score (nSPS) is 16.1. The summed E-state index contributed by atoms with van der Waals surface area (Å²) < 4.78 is 42.2. The zero-order valence-corrected chi connectivity index (χ0v) is 11.1. The van der Waals surface area contributed by atoms with Gasteiger partial charge in [0, 0.05) is 13.1 Å². The highest BCUT2D eigenvalue weighted by Crippen LogP contribution is 2.35. The molecular weight excluding hydrogens is 297 g/mol. The van der Waals surface area contributed by atoms with Crippen molar-refractivity contribution in [3.8, 4) is 0 Å². The SMILES string of the molecule is O=C(Nc1cccc(Cl)c1N1CCOCC1)C(F)(F)F. The van der Waals surface area contributed by atoms with Crippen LogP contribution in [-0.2, 0) is 9.53 Å². The summed E-state index contributed by atoms with van der Waals surface area (Å²) in [4.78, 5) is 12.8. The fourth-order valence-electron chi connectivity index (χ4n) is 1.92. The minimum atomic E-state index is -4.94. The molecule has 0 aliphatic carbocycles. The van der Waals surface area contributed by atoms with E-state index in [1.165, 1.54) is 12.1 Å². The topological polar surface area (TPSA) is 41.6 Å². The Morgan fingerprint density at radius 3 is 2.55 bits per heavy atom. The monoisotopic (exact) mass is 308 g/mol. The van der Waals surface area contributed by atoms with Crippen LogP contribution >= 0.6 is 11.6 Å². The van der Waals surface area contributed by atoms with E-state index in [1.807, 2.05) is 5.32 Å². The number of hydrogen-bond donors (Lipinski definition) is 1. The zero-order valence-electron chi connectivity index (χ0n) is 10.3. The Balaban J connectivity index is 2.28. The van der Waals surface area contributed by atoms with Gasteiger partial charge in [-0.05, 0) is 12.1 Å². The molecule has 1 N–H and O–H groups in total. The Hall–Kier alpha value is -1.47. The number of nitrogens with zero attached hydrogens (tertiary/aromatic N) is 1. The van der Waals surface area contributed by atoms with E-state index in [2.05, 4.69) is 0 Å². The lowest BCUT2D eigenvalue weighted by Gasteiger charge is -2.31. The van der Waals surface area contributed by atoms with Crippen molar-refractivity contribution in [1.82, 2.24) is 0 Å². The summed E-state index contributed by atoms with van der Waals surface area (Å²) >= 11 is 6.05. The molecule has 0 saturated carbocycles. The number of carbonyl (C=O) groups is 1. The van der Waals surface area contributed by atoms with E-state index in [0.29, 0.717) is 32.0 Å². The fraction of sp³-hybridized carbons (Fsp3) is 0.417. The van der Waals surface area contributed by atoms with E-state index in [0.717, 1.165) is 0 Å². The molecule has 0 atom stereocenters. The summed E-state index contributed by atoms with van der Waals surface area (Å²) in [5.41, 5.74) is 0.428. The number of halogens is 4. The smallest absolute Gasteiger partial charge is 0.378 e. The Kier molecular flexibility index (Phi) is 4.39. The van der Waals surface area contributed by atoms with Gasteiger partial charge in [0.25, 0.3) is 0 Å². The number of benzene rings is 1. The van der Waals surface area contributed by atoms with Gasteiger partial charge in [-0.3, -0.25) is 4.79 Å². The van der Waals surface area contributed by atoms with Crippen LogP contribution < -0.4 is 10.2 Å². The number of rotatable bonds is 2. The Labute approximate surface area is 118 Å². The molecule has 1 fully saturated rings. The molecule has 1 saturated heterocycles. The fourth-order valence-corrected chi connectivity index (χ4v) is 2.21. The van der Waals surface area contributed by atoms with Crippen LogP contribution in [0.25, 0.3) is 0 Å². The largest absolute Gasteiger partial charge is 0.471 e. The van der Waals surface area contributed by atoms with Gasteiger partial charge in [-0.1, -0.05) is 17.7 Å². The predicted molar refractivity (Wildman–Crippen MR) is 69.2 cm³/mol. The second-order valence-corrected chi connectivity index (χ2v) is 4.59. The Bertz CT molecular complexity index is 502. The lowest BCUT2D eigenvalue weighted by molar-refractivity contribution is -0.167. The minimum Gasteiger partial charge on any atom is -0.378 e. The molecule has 1 aromatic carbocycles. The van der Waals surface area contributed by atoms with Gasteiger partial charge in [-0.2, -0.15) is 13.2 Å². The maximum atomic E-state index is 12.3. The number of para-hydroxylation sites is 1. The summed E-state index contributed by atoms with van der Waals surface area (Å²) in [5, 5.41) is 2.14. The number of morpholine rings is 1. The quantitative estimate of drug-likeness (QED) is 0.913. The maximum Gasteiger partial charge on any atom is 0.471 e. The van der Waals surface area contributed by atoms with Gasteiger partial charge in [0.1, 0.15) is 0 Å². The molecule has 0 radical (unpaired) electrons. The lowest BCUT2D eigenvalue weighted by atomic mass is 10.2. The zero-order chi connectivity index (χ0) is 14.8. The average molecular weight is 309 g/mol. The molecule has 0 spiro atoms. The molecule has 2 rings (SSSR count). The molecule has 8 heteroatoms. The third-order valence-corrected chi connectivity index (χ3v) is 3.12. The second kappa shape index (κ2) is 5.88.